The standard InChI is InChI=1S/C17H26N2O3S/c1-14-7-8-19(15(14)2)23(20,21)17-5-3-16(4-6-17)13-18-9-11-22-12-10-18/h3-6,14-15H,7-13H2,1-2H3. The maximum absolute atomic E-state index is 12.8. The van der Waals surface area contributed by atoms with E-state index in [-0.39, 0.29) is 6.04 Å². The van der Waals surface area contributed by atoms with Gasteiger partial charge in [-0.1, -0.05) is 19.1 Å². The Hall–Kier alpha value is -0.950. The van der Waals surface area contributed by atoms with Crippen LogP contribution in [0.15, 0.2) is 29.2 Å². The fourth-order valence-corrected chi connectivity index (χ4v) is 5.06. The van der Waals surface area contributed by atoms with E-state index in [1.165, 1.54) is 0 Å². The Morgan fingerprint density at radius 3 is 2.30 bits per heavy atom. The van der Waals surface area contributed by atoms with Crippen LogP contribution in [0.1, 0.15) is 25.8 Å². The zero-order valence-electron chi connectivity index (χ0n) is 13.9. The molecule has 0 aliphatic carbocycles. The highest BCUT2D eigenvalue weighted by molar-refractivity contribution is 7.89. The maximum atomic E-state index is 12.8. The number of hydrogen-bond donors (Lipinski definition) is 0. The molecule has 0 bridgehead atoms. The molecule has 2 saturated heterocycles. The van der Waals surface area contributed by atoms with Gasteiger partial charge in [0.1, 0.15) is 0 Å². The molecule has 2 heterocycles. The van der Waals surface area contributed by atoms with Crippen molar-refractivity contribution in [2.24, 2.45) is 5.92 Å². The largest absolute Gasteiger partial charge is 0.379 e. The van der Waals surface area contributed by atoms with Crippen LogP contribution in [-0.4, -0.2) is 56.5 Å². The van der Waals surface area contributed by atoms with Gasteiger partial charge in [-0.15, -0.1) is 0 Å². The van der Waals surface area contributed by atoms with Gasteiger partial charge in [-0.25, -0.2) is 8.42 Å². The Bertz CT molecular complexity index is 624. The van der Waals surface area contributed by atoms with Gasteiger partial charge in [-0.3, -0.25) is 4.90 Å². The number of sulfonamides is 1. The highest BCUT2D eigenvalue weighted by Crippen LogP contribution is 2.29. The molecule has 5 nitrogen and oxygen atoms in total. The van der Waals surface area contributed by atoms with Crippen LogP contribution in [0.4, 0.5) is 0 Å². The van der Waals surface area contributed by atoms with Gasteiger partial charge in [0.25, 0.3) is 0 Å². The van der Waals surface area contributed by atoms with Crippen LogP contribution in [0, 0.1) is 5.92 Å². The third-order valence-corrected chi connectivity index (χ3v) is 7.12. The average Bonchev–Trinajstić information content (AvgIpc) is 2.89. The van der Waals surface area contributed by atoms with Crippen LogP contribution in [0.2, 0.25) is 0 Å². The summed E-state index contributed by atoms with van der Waals surface area (Å²) in [6.45, 7) is 9.01. The molecule has 0 N–H and O–H groups in total. The number of hydrogen-bond acceptors (Lipinski definition) is 4. The highest BCUT2D eigenvalue weighted by atomic mass is 32.2. The molecule has 1 aromatic rings. The minimum atomic E-state index is -3.37. The van der Waals surface area contributed by atoms with E-state index in [4.69, 9.17) is 4.74 Å². The van der Waals surface area contributed by atoms with E-state index in [0.29, 0.717) is 17.4 Å². The fraction of sp³-hybridized carbons (Fsp3) is 0.647. The van der Waals surface area contributed by atoms with Crippen molar-refractivity contribution in [3.8, 4) is 0 Å². The SMILES string of the molecule is CC1CCN(S(=O)(=O)c2ccc(CN3CCOCC3)cc2)C1C. The van der Waals surface area contributed by atoms with E-state index < -0.39 is 10.0 Å². The van der Waals surface area contributed by atoms with Crippen molar-refractivity contribution in [3.05, 3.63) is 29.8 Å². The van der Waals surface area contributed by atoms with Crippen LogP contribution in [0.5, 0.6) is 0 Å². The summed E-state index contributed by atoms with van der Waals surface area (Å²) in [5.74, 6) is 0.422. The summed E-state index contributed by atoms with van der Waals surface area (Å²) in [7, 11) is -3.37. The van der Waals surface area contributed by atoms with Crippen LogP contribution in [0.25, 0.3) is 0 Å². The molecule has 0 aromatic heterocycles. The minimum Gasteiger partial charge on any atom is -0.379 e. The molecule has 6 heteroatoms. The molecule has 2 aliphatic heterocycles. The van der Waals surface area contributed by atoms with E-state index in [9.17, 15) is 8.42 Å². The summed E-state index contributed by atoms with van der Waals surface area (Å²) in [4.78, 5) is 2.74. The lowest BCUT2D eigenvalue weighted by Gasteiger charge is -2.26. The van der Waals surface area contributed by atoms with E-state index in [2.05, 4.69) is 11.8 Å². The van der Waals surface area contributed by atoms with E-state index in [1.807, 2.05) is 19.1 Å². The molecule has 0 spiro atoms. The Balaban J connectivity index is 1.71. The third-order valence-electron chi connectivity index (χ3n) is 5.12. The second kappa shape index (κ2) is 6.89. The average molecular weight is 338 g/mol. The van der Waals surface area contributed by atoms with Crippen molar-refractivity contribution in [1.82, 2.24) is 9.21 Å². The first kappa shape index (κ1) is 16.9. The lowest BCUT2D eigenvalue weighted by atomic mass is 10.1. The van der Waals surface area contributed by atoms with Gasteiger partial charge in [0.2, 0.25) is 10.0 Å². The molecule has 2 unspecified atom stereocenters. The van der Waals surface area contributed by atoms with Crippen LogP contribution >= 0.6 is 0 Å². The van der Waals surface area contributed by atoms with Crippen LogP contribution < -0.4 is 0 Å². The second-order valence-electron chi connectivity index (χ2n) is 6.65. The van der Waals surface area contributed by atoms with Gasteiger partial charge >= 0.3 is 0 Å². The minimum absolute atomic E-state index is 0.0769. The Morgan fingerprint density at radius 1 is 1.09 bits per heavy atom. The predicted octanol–water partition coefficient (Wildman–Crippen LogP) is 1.94. The zero-order valence-corrected chi connectivity index (χ0v) is 14.8. The molecule has 0 radical (unpaired) electrons. The zero-order chi connectivity index (χ0) is 16.4. The molecular formula is C17H26N2O3S. The topological polar surface area (TPSA) is 49.9 Å². The predicted molar refractivity (Wildman–Crippen MR) is 89.7 cm³/mol. The summed E-state index contributed by atoms with van der Waals surface area (Å²) in [5.41, 5.74) is 1.15. The first-order chi connectivity index (χ1) is 11.0. The molecule has 1 aromatic carbocycles. The lowest BCUT2D eigenvalue weighted by molar-refractivity contribution is 0.0342. The summed E-state index contributed by atoms with van der Waals surface area (Å²) in [5, 5.41) is 0. The second-order valence-corrected chi connectivity index (χ2v) is 8.55. The quantitative estimate of drug-likeness (QED) is 0.842. The Labute approximate surface area is 139 Å². The lowest BCUT2D eigenvalue weighted by Crippen LogP contribution is -2.36. The summed E-state index contributed by atoms with van der Waals surface area (Å²) < 4.78 is 32.6. The van der Waals surface area contributed by atoms with E-state index >= 15 is 0 Å². The van der Waals surface area contributed by atoms with Crippen molar-refractivity contribution >= 4 is 10.0 Å². The van der Waals surface area contributed by atoms with Crippen LogP contribution in [-0.2, 0) is 21.3 Å². The van der Waals surface area contributed by atoms with Crippen molar-refractivity contribution in [1.29, 1.82) is 0 Å². The van der Waals surface area contributed by atoms with Gasteiger partial charge in [-0.2, -0.15) is 4.31 Å². The van der Waals surface area contributed by atoms with E-state index in [0.717, 1.165) is 44.8 Å². The normalized spacial score (nSPS) is 27.4. The smallest absolute Gasteiger partial charge is 0.243 e. The summed E-state index contributed by atoms with van der Waals surface area (Å²) in [6.07, 6.45) is 0.940. The van der Waals surface area contributed by atoms with E-state index in [1.54, 1.807) is 16.4 Å². The Morgan fingerprint density at radius 2 is 1.74 bits per heavy atom. The fourth-order valence-electron chi connectivity index (χ4n) is 3.32. The number of ether oxygens (including phenoxy) is 1. The maximum Gasteiger partial charge on any atom is 0.243 e. The molecular weight excluding hydrogens is 312 g/mol. The van der Waals surface area contributed by atoms with Crippen LogP contribution in [0.3, 0.4) is 0 Å². The van der Waals surface area contributed by atoms with Crippen molar-refractivity contribution < 1.29 is 13.2 Å². The van der Waals surface area contributed by atoms with Gasteiger partial charge in [0.05, 0.1) is 18.1 Å². The summed E-state index contributed by atoms with van der Waals surface area (Å²) >= 11 is 0. The molecule has 0 saturated carbocycles. The number of benzene rings is 1. The molecule has 2 aliphatic rings. The molecule has 2 fully saturated rings. The molecule has 0 amide bonds. The third kappa shape index (κ3) is 3.60. The number of rotatable bonds is 4. The van der Waals surface area contributed by atoms with Gasteiger partial charge in [-0.05, 0) is 37.0 Å². The molecule has 23 heavy (non-hydrogen) atoms. The first-order valence-electron chi connectivity index (χ1n) is 8.39. The number of nitrogens with zero attached hydrogens (tertiary/aromatic N) is 2. The highest BCUT2D eigenvalue weighted by Gasteiger charge is 2.36. The van der Waals surface area contributed by atoms with Crippen molar-refractivity contribution in [2.45, 2.75) is 37.8 Å². The molecule has 128 valence electrons. The van der Waals surface area contributed by atoms with Crippen molar-refractivity contribution in [2.75, 3.05) is 32.8 Å². The first-order valence-corrected chi connectivity index (χ1v) is 9.83. The molecule has 3 rings (SSSR count). The molecule has 2 atom stereocenters. The summed E-state index contributed by atoms with van der Waals surface area (Å²) in [6, 6.07) is 7.45. The van der Waals surface area contributed by atoms with Crippen molar-refractivity contribution in [3.63, 3.8) is 0 Å². The van der Waals surface area contributed by atoms with Gasteiger partial charge in [0.15, 0.2) is 0 Å². The number of morpholine rings is 1. The Kier molecular flexibility index (Phi) is 5.06. The monoisotopic (exact) mass is 338 g/mol. The van der Waals surface area contributed by atoms with Gasteiger partial charge < -0.3 is 4.74 Å². The van der Waals surface area contributed by atoms with Gasteiger partial charge in [0, 0.05) is 32.2 Å².